The van der Waals surface area contributed by atoms with Crippen molar-refractivity contribution in [2.75, 3.05) is 4.90 Å². The summed E-state index contributed by atoms with van der Waals surface area (Å²) >= 11 is 1.86. The summed E-state index contributed by atoms with van der Waals surface area (Å²) in [7, 11) is 0. The van der Waals surface area contributed by atoms with E-state index in [1.807, 2.05) is 23.5 Å². The summed E-state index contributed by atoms with van der Waals surface area (Å²) in [5.74, 6) is 0. The van der Waals surface area contributed by atoms with Crippen LogP contribution in [0.1, 0.15) is 0 Å². The van der Waals surface area contributed by atoms with E-state index >= 15 is 0 Å². The molecular weight excluding hydrogens is 615 g/mol. The Kier molecular flexibility index (Phi) is 6.39. The van der Waals surface area contributed by atoms with Crippen LogP contribution in [0.5, 0.6) is 0 Å². The lowest BCUT2D eigenvalue weighted by atomic mass is 9.94. The van der Waals surface area contributed by atoms with Gasteiger partial charge in [-0.05, 0) is 87.6 Å². The van der Waals surface area contributed by atoms with Gasteiger partial charge in [-0.1, -0.05) is 115 Å². The summed E-state index contributed by atoms with van der Waals surface area (Å²) < 4.78 is 9.01. The van der Waals surface area contributed by atoms with Crippen molar-refractivity contribution in [2.45, 2.75) is 0 Å². The molecule has 0 spiro atoms. The minimum Gasteiger partial charge on any atom is -0.456 e. The Balaban J connectivity index is 1.16. The van der Waals surface area contributed by atoms with E-state index in [9.17, 15) is 0 Å². The van der Waals surface area contributed by atoms with Gasteiger partial charge in [-0.15, -0.1) is 11.3 Å². The Morgan fingerprint density at radius 2 is 1.00 bits per heavy atom. The smallest absolute Gasteiger partial charge is 0.137 e. The Morgan fingerprint density at radius 1 is 0.388 bits per heavy atom. The van der Waals surface area contributed by atoms with Crippen molar-refractivity contribution in [3.05, 3.63) is 176 Å². The van der Waals surface area contributed by atoms with Crippen LogP contribution in [0, 0.1) is 0 Å². The molecule has 0 unspecified atom stereocenters. The van der Waals surface area contributed by atoms with E-state index in [4.69, 9.17) is 4.42 Å². The molecule has 230 valence electrons. The largest absolute Gasteiger partial charge is 0.456 e. The van der Waals surface area contributed by atoms with Crippen LogP contribution in [0.3, 0.4) is 0 Å². The van der Waals surface area contributed by atoms with Crippen molar-refractivity contribution in [3.63, 3.8) is 0 Å². The molecule has 0 bridgehead atoms. The first kappa shape index (κ1) is 27.9. The number of benzene rings is 8. The zero-order valence-corrected chi connectivity index (χ0v) is 27.3. The van der Waals surface area contributed by atoms with Gasteiger partial charge in [0.2, 0.25) is 0 Å². The minimum atomic E-state index is 0.879. The van der Waals surface area contributed by atoms with E-state index in [0.717, 1.165) is 39.0 Å². The Labute approximate surface area is 287 Å². The van der Waals surface area contributed by atoms with E-state index in [2.05, 4.69) is 169 Å². The van der Waals surface area contributed by atoms with Crippen LogP contribution in [0.2, 0.25) is 0 Å². The van der Waals surface area contributed by atoms with Crippen LogP contribution >= 0.6 is 11.3 Å². The van der Waals surface area contributed by atoms with E-state index in [0.29, 0.717) is 0 Å². The highest BCUT2D eigenvalue weighted by atomic mass is 32.1. The quantitative estimate of drug-likeness (QED) is 0.186. The molecule has 0 aliphatic heterocycles. The zero-order valence-electron chi connectivity index (χ0n) is 26.5. The lowest BCUT2D eigenvalue weighted by molar-refractivity contribution is 0.669. The van der Waals surface area contributed by atoms with Gasteiger partial charge < -0.3 is 9.32 Å². The maximum Gasteiger partial charge on any atom is 0.137 e. The van der Waals surface area contributed by atoms with Crippen molar-refractivity contribution >= 4 is 81.3 Å². The Morgan fingerprint density at radius 3 is 1.84 bits per heavy atom. The highest BCUT2D eigenvalue weighted by Gasteiger charge is 2.18. The van der Waals surface area contributed by atoms with Crippen LogP contribution < -0.4 is 4.90 Å². The molecule has 2 aromatic heterocycles. The number of thiophene rings is 1. The molecule has 0 saturated heterocycles. The van der Waals surface area contributed by atoms with Gasteiger partial charge in [-0.25, -0.2) is 0 Å². The molecule has 8 aromatic carbocycles. The van der Waals surface area contributed by atoms with Crippen molar-refractivity contribution in [1.82, 2.24) is 0 Å². The van der Waals surface area contributed by atoms with Crippen LogP contribution in [0.25, 0.3) is 75.1 Å². The topological polar surface area (TPSA) is 16.4 Å². The van der Waals surface area contributed by atoms with Gasteiger partial charge in [0.05, 0.1) is 0 Å². The second-order valence-corrected chi connectivity index (χ2v) is 13.6. The molecule has 0 radical (unpaired) electrons. The molecule has 2 nitrogen and oxygen atoms in total. The van der Waals surface area contributed by atoms with Crippen LogP contribution in [0.15, 0.2) is 180 Å². The van der Waals surface area contributed by atoms with Gasteiger partial charge in [0.25, 0.3) is 0 Å². The molecule has 2 heterocycles. The molecule has 0 saturated carbocycles. The van der Waals surface area contributed by atoms with Gasteiger partial charge in [-0.2, -0.15) is 0 Å². The second-order valence-electron chi connectivity index (χ2n) is 12.5. The standard InChI is InChI=1S/C46H29NOS/c1-2-10-30(11-3-1)36-12-4-5-13-37(36)31-18-22-33(23-19-31)47(35-25-26-39-38-14-6-8-16-42(38)48-43(39)29-35)34-24-20-32-21-27-45-46(41(32)28-34)40-15-7-9-17-44(40)49-45/h1-29H. The molecule has 0 aliphatic carbocycles. The number of hydrogen-bond donors (Lipinski definition) is 0. The third kappa shape index (κ3) is 4.62. The number of para-hydroxylation sites is 1. The molecular formula is C46H29NOS. The number of nitrogens with zero attached hydrogens (tertiary/aromatic N) is 1. The third-order valence-corrected chi connectivity index (χ3v) is 10.8. The number of furan rings is 1. The van der Waals surface area contributed by atoms with Crippen LogP contribution in [-0.2, 0) is 0 Å². The predicted molar refractivity (Wildman–Crippen MR) is 210 cm³/mol. The van der Waals surface area contributed by atoms with Crippen molar-refractivity contribution in [1.29, 1.82) is 0 Å². The Hall–Kier alpha value is -6.16. The molecule has 0 fully saturated rings. The van der Waals surface area contributed by atoms with E-state index < -0.39 is 0 Å². The lowest BCUT2D eigenvalue weighted by Gasteiger charge is -2.26. The fourth-order valence-electron chi connectivity index (χ4n) is 7.37. The molecule has 3 heteroatoms. The van der Waals surface area contributed by atoms with Crippen LogP contribution in [-0.4, -0.2) is 0 Å². The first-order chi connectivity index (χ1) is 24.3. The van der Waals surface area contributed by atoms with Crippen molar-refractivity contribution in [2.24, 2.45) is 0 Å². The monoisotopic (exact) mass is 643 g/mol. The van der Waals surface area contributed by atoms with Gasteiger partial charge in [-0.3, -0.25) is 0 Å². The molecule has 0 atom stereocenters. The molecule has 0 aliphatic rings. The number of hydrogen-bond acceptors (Lipinski definition) is 3. The first-order valence-corrected chi connectivity index (χ1v) is 17.4. The molecule has 10 rings (SSSR count). The fraction of sp³-hybridized carbons (Fsp3) is 0. The van der Waals surface area contributed by atoms with E-state index in [1.165, 1.54) is 53.2 Å². The van der Waals surface area contributed by atoms with Gasteiger partial charge >= 0.3 is 0 Å². The third-order valence-electron chi connectivity index (χ3n) is 9.67. The van der Waals surface area contributed by atoms with Crippen molar-refractivity contribution in [3.8, 4) is 22.3 Å². The van der Waals surface area contributed by atoms with Crippen molar-refractivity contribution < 1.29 is 4.42 Å². The Bertz CT molecular complexity index is 2830. The normalized spacial score (nSPS) is 11.7. The average molecular weight is 644 g/mol. The molecule has 10 aromatic rings. The first-order valence-electron chi connectivity index (χ1n) is 16.6. The highest BCUT2D eigenvalue weighted by Crippen LogP contribution is 2.43. The number of anilines is 3. The summed E-state index contributed by atoms with van der Waals surface area (Å²) in [5, 5.41) is 7.38. The van der Waals surface area contributed by atoms with E-state index in [-0.39, 0.29) is 0 Å². The maximum absolute atomic E-state index is 6.39. The average Bonchev–Trinajstić information content (AvgIpc) is 3.74. The minimum absolute atomic E-state index is 0.879. The van der Waals surface area contributed by atoms with Gasteiger partial charge in [0.15, 0.2) is 0 Å². The summed E-state index contributed by atoms with van der Waals surface area (Å²) in [6.45, 7) is 0. The van der Waals surface area contributed by atoms with Crippen LogP contribution in [0.4, 0.5) is 17.1 Å². The summed E-state index contributed by atoms with van der Waals surface area (Å²) in [4.78, 5) is 2.35. The molecule has 0 amide bonds. The fourth-order valence-corrected chi connectivity index (χ4v) is 8.49. The predicted octanol–water partition coefficient (Wildman–Crippen LogP) is 13.9. The number of fused-ring (bicyclic) bond motifs is 8. The lowest BCUT2D eigenvalue weighted by Crippen LogP contribution is -2.09. The summed E-state index contributed by atoms with van der Waals surface area (Å²) in [6, 6.07) is 63.2. The zero-order chi connectivity index (χ0) is 32.3. The summed E-state index contributed by atoms with van der Waals surface area (Å²) in [5.41, 5.74) is 9.85. The van der Waals surface area contributed by atoms with Gasteiger partial charge in [0, 0.05) is 54.1 Å². The van der Waals surface area contributed by atoms with Gasteiger partial charge in [0.1, 0.15) is 11.2 Å². The molecule has 49 heavy (non-hydrogen) atoms. The summed E-state index contributed by atoms with van der Waals surface area (Å²) in [6.07, 6.45) is 0. The maximum atomic E-state index is 6.39. The SMILES string of the molecule is c1ccc(-c2ccccc2-c2ccc(N(c3ccc4c(c3)oc3ccccc34)c3ccc4ccc5sc6ccccc6c5c4c3)cc2)cc1. The van der Waals surface area contributed by atoms with E-state index in [1.54, 1.807) is 0 Å². The second kappa shape index (κ2) is 11.2. The number of rotatable bonds is 5. The molecule has 0 N–H and O–H groups in total. The highest BCUT2D eigenvalue weighted by molar-refractivity contribution is 7.26.